The van der Waals surface area contributed by atoms with E-state index in [2.05, 4.69) is 45.4 Å². The Hall–Kier alpha value is -1.62. The molecule has 2 aromatic rings. The Morgan fingerprint density at radius 2 is 2.20 bits per heavy atom. The summed E-state index contributed by atoms with van der Waals surface area (Å²) in [6.45, 7) is 6.95. The van der Waals surface area contributed by atoms with Crippen LogP contribution in [0.3, 0.4) is 0 Å². The molecule has 0 bridgehead atoms. The molecule has 0 aliphatic carbocycles. The van der Waals surface area contributed by atoms with Crippen molar-refractivity contribution in [2.75, 3.05) is 7.05 Å². The van der Waals surface area contributed by atoms with Gasteiger partial charge in [0.1, 0.15) is 0 Å². The van der Waals surface area contributed by atoms with Crippen LogP contribution in [0.4, 0.5) is 0 Å². The van der Waals surface area contributed by atoms with Crippen molar-refractivity contribution in [1.82, 2.24) is 20.0 Å². The topological polar surface area (TPSA) is 55.9 Å². The van der Waals surface area contributed by atoms with E-state index in [4.69, 9.17) is 4.52 Å². The van der Waals surface area contributed by atoms with E-state index in [1.807, 2.05) is 20.9 Å². The monoisotopic (exact) mass is 276 g/mol. The van der Waals surface area contributed by atoms with Gasteiger partial charge in [0.15, 0.2) is 5.82 Å². The van der Waals surface area contributed by atoms with Crippen LogP contribution in [0, 0.1) is 0 Å². The van der Waals surface area contributed by atoms with Gasteiger partial charge in [-0.05, 0) is 25.1 Å². The van der Waals surface area contributed by atoms with Gasteiger partial charge in [-0.1, -0.05) is 32.3 Å². The normalized spacial score (nSPS) is 13.1. The average molecular weight is 276 g/mol. The van der Waals surface area contributed by atoms with E-state index < -0.39 is 0 Å². The second-order valence-corrected chi connectivity index (χ2v) is 5.45. The third-order valence-corrected chi connectivity index (χ3v) is 3.40. The molecule has 1 atom stereocenters. The zero-order valence-corrected chi connectivity index (χ0v) is 12.8. The van der Waals surface area contributed by atoms with E-state index in [1.54, 1.807) is 0 Å². The fraction of sp³-hybridized carbons (Fsp3) is 0.600. The minimum absolute atomic E-state index is 0.273. The second kappa shape index (κ2) is 6.70. The van der Waals surface area contributed by atoms with Gasteiger partial charge in [-0.2, -0.15) is 4.98 Å². The van der Waals surface area contributed by atoms with E-state index in [9.17, 15) is 0 Å². The molecule has 0 saturated carbocycles. The number of hydrogen-bond acceptors (Lipinski definition) is 4. The van der Waals surface area contributed by atoms with Gasteiger partial charge in [-0.15, -0.1) is 0 Å². The molecule has 20 heavy (non-hydrogen) atoms. The van der Waals surface area contributed by atoms with Crippen LogP contribution < -0.4 is 5.32 Å². The number of hydrogen-bond donors (Lipinski definition) is 1. The molecule has 2 heterocycles. The smallest absolute Gasteiger partial charge is 0.229 e. The molecule has 1 N–H and O–H groups in total. The molecular formula is C15H24N4O. The first-order valence-corrected chi connectivity index (χ1v) is 7.29. The van der Waals surface area contributed by atoms with Crippen molar-refractivity contribution in [3.63, 3.8) is 0 Å². The first kappa shape index (κ1) is 14.8. The quantitative estimate of drug-likeness (QED) is 0.844. The predicted octanol–water partition coefficient (Wildman–Crippen LogP) is 3.10. The molecule has 2 aromatic heterocycles. The third-order valence-electron chi connectivity index (χ3n) is 3.40. The fourth-order valence-corrected chi connectivity index (χ4v) is 2.26. The molecule has 0 aliphatic heterocycles. The summed E-state index contributed by atoms with van der Waals surface area (Å²) in [5.74, 6) is 1.70. The summed E-state index contributed by atoms with van der Waals surface area (Å²) in [5, 5.41) is 7.37. The Labute approximate surface area is 120 Å². The molecule has 0 spiro atoms. The van der Waals surface area contributed by atoms with E-state index >= 15 is 0 Å². The van der Waals surface area contributed by atoms with Gasteiger partial charge in [-0.25, -0.2) is 0 Å². The fourth-order valence-electron chi connectivity index (χ4n) is 2.26. The van der Waals surface area contributed by atoms with Crippen LogP contribution in [0.2, 0.25) is 0 Å². The molecule has 0 radical (unpaired) electrons. The maximum atomic E-state index is 5.23. The van der Waals surface area contributed by atoms with Crippen molar-refractivity contribution in [2.24, 2.45) is 0 Å². The van der Waals surface area contributed by atoms with Crippen LogP contribution >= 0.6 is 0 Å². The minimum atomic E-state index is 0.273. The zero-order chi connectivity index (χ0) is 14.5. The molecule has 5 nitrogen and oxygen atoms in total. The van der Waals surface area contributed by atoms with Crippen LogP contribution in [0.25, 0.3) is 0 Å². The Bertz CT molecular complexity index is 529. The molecule has 2 rings (SSSR count). The first-order valence-electron chi connectivity index (χ1n) is 7.29. The van der Waals surface area contributed by atoms with Crippen LogP contribution in [-0.2, 0) is 6.54 Å². The Kier molecular flexibility index (Phi) is 4.95. The zero-order valence-electron chi connectivity index (χ0n) is 12.8. The number of nitrogens with zero attached hydrogens (tertiary/aromatic N) is 3. The van der Waals surface area contributed by atoms with Gasteiger partial charge in [0.05, 0.1) is 6.54 Å². The molecule has 110 valence electrons. The van der Waals surface area contributed by atoms with Crippen LogP contribution in [0.15, 0.2) is 23.0 Å². The Morgan fingerprint density at radius 3 is 2.80 bits per heavy atom. The van der Waals surface area contributed by atoms with Crippen molar-refractivity contribution in [1.29, 1.82) is 0 Å². The van der Waals surface area contributed by atoms with Crippen LogP contribution in [0.5, 0.6) is 0 Å². The van der Waals surface area contributed by atoms with E-state index in [0.29, 0.717) is 18.5 Å². The Morgan fingerprint density at radius 1 is 1.40 bits per heavy atom. The minimum Gasteiger partial charge on any atom is -0.346 e. The number of rotatable bonds is 7. The SMILES string of the molecule is CCCC(NC)c1ccn(Cc2noc(C(C)C)n2)c1. The van der Waals surface area contributed by atoms with Crippen molar-refractivity contribution in [3.8, 4) is 0 Å². The lowest BCUT2D eigenvalue weighted by Crippen LogP contribution is -2.15. The molecule has 0 aliphatic rings. The van der Waals surface area contributed by atoms with Gasteiger partial charge in [0.2, 0.25) is 5.89 Å². The summed E-state index contributed by atoms with van der Waals surface area (Å²) in [6, 6.07) is 2.57. The molecular weight excluding hydrogens is 252 g/mol. The standard InChI is InChI=1S/C15H24N4O/c1-5-6-13(16-4)12-7-8-19(9-12)10-14-17-15(11(2)3)20-18-14/h7-9,11,13,16H,5-6,10H2,1-4H3. The highest BCUT2D eigenvalue weighted by molar-refractivity contribution is 5.16. The van der Waals surface area contributed by atoms with Gasteiger partial charge < -0.3 is 14.4 Å². The van der Waals surface area contributed by atoms with Gasteiger partial charge >= 0.3 is 0 Å². The lowest BCUT2D eigenvalue weighted by Gasteiger charge is -2.13. The maximum absolute atomic E-state index is 5.23. The first-order chi connectivity index (χ1) is 9.63. The second-order valence-electron chi connectivity index (χ2n) is 5.45. The van der Waals surface area contributed by atoms with Gasteiger partial charge in [0, 0.05) is 24.4 Å². The van der Waals surface area contributed by atoms with Crippen LogP contribution in [-0.4, -0.2) is 21.8 Å². The van der Waals surface area contributed by atoms with Gasteiger partial charge in [0.25, 0.3) is 0 Å². The van der Waals surface area contributed by atoms with E-state index in [-0.39, 0.29) is 5.92 Å². The third kappa shape index (κ3) is 3.48. The molecule has 0 saturated heterocycles. The summed E-state index contributed by atoms with van der Waals surface area (Å²) in [4.78, 5) is 4.40. The summed E-state index contributed by atoms with van der Waals surface area (Å²) in [5.41, 5.74) is 1.31. The maximum Gasteiger partial charge on any atom is 0.229 e. The molecule has 0 fully saturated rings. The van der Waals surface area contributed by atoms with Crippen molar-refractivity contribution < 1.29 is 4.52 Å². The van der Waals surface area contributed by atoms with Crippen LogP contribution in [0.1, 0.15) is 62.9 Å². The lowest BCUT2D eigenvalue weighted by atomic mass is 10.1. The van der Waals surface area contributed by atoms with Crippen molar-refractivity contribution in [2.45, 2.75) is 52.1 Å². The predicted molar refractivity (Wildman–Crippen MR) is 78.6 cm³/mol. The van der Waals surface area contributed by atoms with Crippen molar-refractivity contribution in [3.05, 3.63) is 35.7 Å². The lowest BCUT2D eigenvalue weighted by molar-refractivity contribution is 0.360. The van der Waals surface area contributed by atoms with E-state index in [0.717, 1.165) is 12.2 Å². The highest BCUT2D eigenvalue weighted by Crippen LogP contribution is 2.19. The summed E-state index contributed by atoms with van der Waals surface area (Å²) < 4.78 is 7.33. The molecule has 0 amide bonds. The Balaban J connectivity index is 2.04. The highest BCUT2D eigenvalue weighted by atomic mass is 16.5. The molecule has 5 heteroatoms. The highest BCUT2D eigenvalue weighted by Gasteiger charge is 2.12. The number of aromatic nitrogens is 3. The average Bonchev–Trinajstić information content (AvgIpc) is 3.06. The van der Waals surface area contributed by atoms with E-state index in [1.165, 1.54) is 12.0 Å². The molecule has 1 unspecified atom stereocenters. The van der Waals surface area contributed by atoms with Gasteiger partial charge in [-0.3, -0.25) is 0 Å². The summed E-state index contributed by atoms with van der Waals surface area (Å²) >= 11 is 0. The number of nitrogens with one attached hydrogen (secondary N) is 1. The molecule has 0 aromatic carbocycles. The summed E-state index contributed by atoms with van der Waals surface area (Å²) in [6.07, 6.45) is 6.53. The largest absolute Gasteiger partial charge is 0.346 e. The van der Waals surface area contributed by atoms with Crippen molar-refractivity contribution >= 4 is 0 Å². The summed E-state index contributed by atoms with van der Waals surface area (Å²) in [7, 11) is 2.01.